The van der Waals surface area contributed by atoms with Crippen LogP contribution in [0.1, 0.15) is 26.2 Å². The van der Waals surface area contributed by atoms with Crippen molar-refractivity contribution in [3.05, 3.63) is 18.5 Å². The topological polar surface area (TPSA) is 57.5 Å². The normalized spacial score (nSPS) is 17.6. The van der Waals surface area contributed by atoms with E-state index in [1.807, 2.05) is 23.1 Å². The second-order valence-electron chi connectivity index (χ2n) is 6.02. The third-order valence-corrected chi connectivity index (χ3v) is 4.11. The van der Waals surface area contributed by atoms with Crippen molar-refractivity contribution in [3.8, 4) is 0 Å². The molecule has 1 fully saturated rings. The fourth-order valence-electron chi connectivity index (χ4n) is 2.69. The van der Waals surface area contributed by atoms with Crippen molar-refractivity contribution in [3.63, 3.8) is 0 Å². The van der Waals surface area contributed by atoms with Gasteiger partial charge in [-0.3, -0.25) is 9.67 Å². The number of aliphatic imine (C=N–C) groups is 1. The van der Waals surface area contributed by atoms with Crippen molar-refractivity contribution >= 4 is 5.96 Å². The van der Waals surface area contributed by atoms with Gasteiger partial charge in [-0.1, -0.05) is 0 Å². The average Bonchev–Trinajstić information content (AvgIpc) is 3.04. The summed E-state index contributed by atoms with van der Waals surface area (Å²) in [6, 6.07) is 1.96. The van der Waals surface area contributed by atoms with E-state index in [0.717, 1.165) is 44.5 Å². The Kier molecular flexibility index (Phi) is 7.22. The van der Waals surface area contributed by atoms with E-state index >= 15 is 0 Å². The molecule has 1 aromatic rings. The predicted molar refractivity (Wildman–Crippen MR) is 91.0 cm³/mol. The maximum absolute atomic E-state index is 4.75. The number of likely N-dealkylation sites (tertiary alicyclic amines) is 1. The number of aryl methyl sites for hydroxylation is 1. The van der Waals surface area contributed by atoms with E-state index < -0.39 is 0 Å². The Morgan fingerprint density at radius 3 is 2.82 bits per heavy atom. The lowest BCUT2D eigenvalue weighted by Gasteiger charge is -2.28. The van der Waals surface area contributed by atoms with E-state index in [-0.39, 0.29) is 0 Å². The first-order valence-electron chi connectivity index (χ1n) is 8.46. The molecule has 2 heterocycles. The molecule has 0 spiro atoms. The Morgan fingerprint density at radius 2 is 2.14 bits per heavy atom. The molecule has 0 radical (unpaired) electrons. The maximum atomic E-state index is 4.75. The van der Waals surface area contributed by atoms with Crippen molar-refractivity contribution in [1.82, 2.24) is 25.3 Å². The molecule has 1 saturated heterocycles. The zero-order valence-corrected chi connectivity index (χ0v) is 14.0. The van der Waals surface area contributed by atoms with E-state index in [2.05, 4.69) is 34.6 Å². The molecule has 0 saturated carbocycles. The van der Waals surface area contributed by atoms with Gasteiger partial charge in [-0.2, -0.15) is 5.10 Å². The summed E-state index contributed by atoms with van der Waals surface area (Å²) in [5, 5.41) is 11.0. The number of nitrogens with zero attached hydrogens (tertiary/aromatic N) is 4. The summed E-state index contributed by atoms with van der Waals surface area (Å²) in [5.41, 5.74) is 0. The highest BCUT2D eigenvalue weighted by atomic mass is 15.3. The first kappa shape index (κ1) is 16.8. The Hall–Kier alpha value is -1.56. The van der Waals surface area contributed by atoms with Crippen LogP contribution in [-0.2, 0) is 6.54 Å². The minimum atomic E-state index is 0.732. The molecule has 0 aliphatic carbocycles. The highest BCUT2D eigenvalue weighted by Crippen LogP contribution is 2.15. The SMILES string of the molecule is CCNC(=NCC1CCN(C)CC1)NCCCn1cccn1. The fourth-order valence-corrected chi connectivity index (χ4v) is 2.69. The molecule has 6 nitrogen and oxygen atoms in total. The molecule has 124 valence electrons. The Bertz CT molecular complexity index is 420. The van der Waals surface area contributed by atoms with E-state index in [4.69, 9.17) is 4.99 Å². The number of hydrogen-bond acceptors (Lipinski definition) is 3. The van der Waals surface area contributed by atoms with Gasteiger partial charge in [0.25, 0.3) is 0 Å². The summed E-state index contributed by atoms with van der Waals surface area (Å²) >= 11 is 0. The molecule has 0 bridgehead atoms. The Morgan fingerprint density at radius 1 is 1.32 bits per heavy atom. The summed E-state index contributed by atoms with van der Waals surface area (Å²) in [6.07, 6.45) is 7.39. The zero-order chi connectivity index (χ0) is 15.6. The Labute approximate surface area is 134 Å². The van der Waals surface area contributed by atoms with E-state index in [1.54, 1.807) is 0 Å². The molecule has 1 aromatic heterocycles. The highest BCUT2D eigenvalue weighted by molar-refractivity contribution is 5.79. The van der Waals surface area contributed by atoms with Crippen molar-refractivity contribution in [2.75, 3.05) is 39.8 Å². The monoisotopic (exact) mass is 306 g/mol. The van der Waals surface area contributed by atoms with Gasteiger partial charge in [0.15, 0.2) is 5.96 Å². The Balaban J connectivity index is 1.67. The molecule has 1 aliphatic heterocycles. The lowest BCUT2D eigenvalue weighted by molar-refractivity contribution is 0.223. The summed E-state index contributed by atoms with van der Waals surface area (Å²) in [4.78, 5) is 7.15. The summed E-state index contributed by atoms with van der Waals surface area (Å²) in [6.45, 7) is 8.20. The first-order valence-corrected chi connectivity index (χ1v) is 8.46. The van der Waals surface area contributed by atoms with Crippen LogP contribution in [0.15, 0.2) is 23.5 Å². The molecule has 0 atom stereocenters. The second kappa shape index (κ2) is 9.46. The number of nitrogens with one attached hydrogen (secondary N) is 2. The van der Waals surface area contributed by atoms with Crippen LogP contribution in [0.4, 0.5) is 0 Å². The number of aromatic nitrogens is 2. The lowest BCUT2D eigenvalue weighted by Crippen LogP contribution is -2.39. The largest absolute Gasteiger partial charge is 0.357 e. The number of piperidine rings is 1. The average molecular weight is 306 g/mol. The summed E-state index contributed by atoms with van der Waals surface area (Å²) in [7, 11) is 2.20. The van der Waals surface area contributed by atoms with E-state index in [9.17, 15) is 0 Å². The van der Waals surface area contributed by atoms with Gasteiger partial charge < -0.3 is 15.5 Å². The van der Waals surface area contributed by atoms with E-state index in [0.29, 0.717) is 0 Å². The smallest absolute Gasteiger partial charge is 0.191 e. The standard InChI is InChI=1S/C16H30N6/c1-3-17-16(18-8-4-10-22-11-5-9-20-22)19-14-15-6-12-21(2)13-7-15/h5,9,11,15H,3-4,6-8,10,12-14H2,1-2H3,(H2,17,18,19). The van der Waals surface area contributed by atoms with Gasteiger partial charge in [0.2, 0.25) is 0 Å². The van der Waals surface area contributed by atoms with Gasteiger partial charge >= 0.3 is 0 Å². The molecule has 6 heteroatoms. The van der Waals surface area contributed by atoms with Crippen LogP contribution in [0.5, 0.6) is 0 Å². The number of rotatable bonds is 7. The maximum Gasteiger partial charge on any atom is 0.191 e. The molecular formula is C16H30N6. The number of guanidine groups is 1. The van der Waals surface area contributed by atoms with Crippen LogP contribution in [0, 0.1) is 5.92 Å². The van der Waals surface area contributed by atoms with Crippen LogP contribution in [0.3, 0.4) is 0 Å². The second-order valence-corrected chi connectivity index (χ2v) is 6.02. The van der Waals surface area contributed by atoms with Gasteiger partial charge in [-0.25, -0.2) is 0 Å². The quantitative estimate of drug-likeness (QED) is 0.451. The molecule has 2 N–H and O–H groups in total. The third-order valence-electron chi connectivity index (χ3n) is 4.11. The highest BCUT2D eigenvalue weighted by Gasteiger charge is 2.16. The molecular weight excluding hydrogens is 276 g/mol. The van der Waals surface area contributed by atoms with Crippen molar-refractivity contribution < 1.29 is 0 Å². The fraction of sp³-hybridized carbons (Fsp3) is 0.750. The van der Waals surface area contributed by atoms with Crippen LogP contribution >= 0.6 is 0 Å². The van der Waals surface area contributed by atoms with E-state index in [1.165, 1.54) is 25.9 Å². The van der Waals surface area contributed by atoms with Gasteiger partial charge in [-0.15, -0.1) is 0 Å². The minimum Gasteiger partial charge on any atom is -0.357 e. The molecule has 0 aromatic carbocycles. The molecule has 2 rings (SSSR count). The third kappa shape index (κ3) is 6.05. The van der Waals surface area contributed by atoms with Crippen LogP contribution in [0.25, 0.3) is 0 Å². The van der Waals surface area contributed by atoms with Crippen molar-refractivity contribution in [2.24, 2.45) is 10.9 Å². The van der Waals surface area contributed by atoms with Crippen LogP contribution in [0.2, 0.25) is 0 Å². The van der Waals surface area contributed by atoms with Crippen LogP contribution < -0.4 is 10.6 Å². The van der Waals surface area contributed by atoms with Crippen molar-refractivity contribution in [1.29, 1.82) is 0 Å². The molecule has 0 unspecified atom stereocenters. The number of hydrogen-bond donors (Lipinski definition) is 2. The van der Waals surface area contributed by atoms with Crippen molar-refractivity contribution in [2.45, 2.75) is 32.7 Å². The molecule has 22 heavy (non-hydrogen) atoms. The van der Waals surface area contributed by atoms with Gasteiger partial charge in [0.05, 0.1) is 0 Å². The van der Waals surface area contributed by atoms with Gasteiger partial charge in [0, 0.05) is 38.6 Å². The van der Waals surface area contributed by atoms with Gasteiger partial charge in [-0.05, 0) is 58.3 Å². The van der Waals surface area contributed by atoms with Crippen LogP contribution in [-0.4, -0.2) is 60.4 Å². The predicted octanol–water partition coefficient (Wildman–Crippen LogP) is 1.17. The minimum absolute atomic E-state index is 0.732. The summed E-state index contributed by atoms with van der Waals surface area (Å²) in [5.74, 6) is 1.68. The molecule has 1 aliphatic rings. The lowest BCUT2D eigenvalue weighted by atomic mass is 9.97. The summed E-state index contributed by atoms with van der Waals surface area (Å²) < 4.78 is 1.96. The first-order chi connectivity index (χ1) is 10.8. The molecule has 0 amide bonds. The zero-order valence-electron chi connectivity index (χ0n) is 14.0. The van der Waals surface area contributed by atoms with Gasteiger partial charge in [0.1, 0.15) is 0 Å².